The maximum atomic E-state index is 5.54. The Hall–Kier alpha value is -2.55. The Kier molecular flexibility index (Phi) is 2.61. The molecule has 3 nitrogen and oxygen atoms in total. The van der Waals surface area contributed by atoms with Gasteiger partial charge in [-0.1, -0.05) is 24.3 Å². The van der Waals surface area contributed by atoms with Crippen LogP contribution < -0.4 is 9.47 Å². The minimum absolute atomic E-state index is 0.701. The molecule has 0 spiro atoms. The molecule has 1 heterocycles. The monoisotopic (exact) mass is 277 g/mol. The van der Waals surface area contributed by atoms with E-state index in [0.717, 1.165) is 23.3 Å². The van der Waals surface area contributed by atoms with Crippen LogP contribution in [0.4, 0.5) is 0 Å². The van der Waals surface area contributed by atoms with E-state index in [1.54, 1.807) is 14.2 Å². The largest absolute Gasteiger partial charge is 0.497 e. The number of hydrogen-bond donors (Lipinski definition) is 0. The van der Waals surface area contributed by atoms with Gasteiger partial charge in [-0.15, -0.1) is 0 Å². The van der Waals surface area contributed by atoms with E-state index in [2.05, 4.69) is 29.2 Å². The molecule has 21 heavy (non-hydrogen) atoms. The number of rotatable bonds is 2. The molecule has 0 saturated carbocycles. The van der Waals surface area contributed by atoms with Gasteiger partial charge < -0.3 is 9.47 Å². The molecule has 0 fully saturated rings. The summed E-state index contributed by atoms with van der Waals surface area (Å²) in [6.45, 7) is 0. The lowest BCUT2D eigenvalue weighted by molar-refractivity contribution is 0.401. The number of aromatic nitrogens is 1. The van der Waals surface area contributed by atoms with Crippen molar-refractivity contribution in [2.24, 2.45) is 0 Å². The van der Waals surface area contributed by atoms with Gasteiger partial charge in [-0.3, -0.25) is 0 Å². The Balaban J connectivity index is 2.04. The Labute approximate surface area is 123 Å². The van der Waals surface area contributed by atoms with Crippen molar-refractivity contribution in [3.63, 3.8) is 0 Å². The van der Waals surface area contributed by atoms with Crippen molar-refractivity contribution in [3.05, 3.63) is 53.6 Å². The fourth-order valence-corrected chi connectivity index (χ4v) is 3.14. The van der Waals surface area contributed by atoms with Gasteiger partial charge in [-0.25, -0.2) is 4.98 Å². The summed E-state index contributed by atoms with van der Waals surface area (Å²) in [5, 5.41) is 1.20. The van der Waals surface area contributed by atoms with Gasteiger partial charge in [0.25, 0.3) is 0 Å². The first-order valence-corrected chi connectivity index (χ1v) is 6.94. The summed E-state index contributed by atoms with van der Waals surface area (Å²) < 4.78 is 10.9. The van der Waals surface area contributed by atoms with Crippen molar-refractivity contribution < 1.29 is 9.47 Å². The van der Waals surface area contributed by atoms with Crippen LogP contribution in [0.1, 0.15) is 11.1 Å². The van der Waals surface area contributed by atoms with Gasteiger partial charge in [0.15, 0.2) is 0 Å². The van der Waals surface area contributed by atoms with E-state index in [-0.39, 0.29) is 0 Å². The van der Waals surface area contributed by atoms with E-state index >= 15 is 0 Å². The van der Waals surface area contributed by atoms with E-state index < -0.39 is 0 Å². The Bertz CT molecular complexity index is 855. The van der Waals surface area contributed by atoms with Crippen LogP contribution in [0.25, 0.3) is 22.0 Å². The summed E-state index contributed by atoms with van der Waals surface area (Å²) in [4.78, 5) is 4.65. The molecular formula is C18H15NO2. The predicted octanol–water partition coefficient (Wildman–Crippen LogP) is 3.82. The second-order valence-corrected chi connectivity index (χ2v) is 5.19. The van der Waals surface area contributed by atoms with E-state index in [1.807, 2.05) is 18.2 Å². The van der Waals surface area contributed by atoms with Crippen LogP contribution in [0.5, 0.6) is 11.6 Å². The lowest BCUT2D eigenvalue weighted by atomic mass is 10.0. The molecule has 1 aliphatic rings. The highest BCUT2D eigenvalue weighted by Crippen LogP contribution is 2.45. The fourth-order valence-electron chi connectivity index (χ4n) is 3.14. The van der Waals surface area contributed by atoms with Crippen LogP contribution >= 0.6 is 0 Å². The van der Waals surface area contributed by atoms with Gasteiger partial charge in [0.05, 0.1) is 19.7 Å². The zero-order chi connectivity index (χ0) is 14.4. The number of hydrogen-bond acceptors (Lipinski definition) is 3. The lowest BCUT2D eigenvalue weighted by Gasteiger charge is -2.10. The molecule has 3 heteroatoms. The summed E-state index contributed by atoms with van der Waals surface area (Å²) in [6.07, 6.45) is 0.890. The van der Waals surface area contributed by atoms with Crippen molar-refractivity contribution >= 4 is 10.9 Å². The van der Waals surface area contributed by atoms with Crippen LogP contribution in [0, 0.1) is 0 Å². The number of para-hydroxylation sites is 1. The minimum Gasteiger partial charge on any atom is -0.497 e. The summed E-state index contributed by atoms with van der Waals surface area (Å²) >= 11 is 0. The first kappa shape index (κ1) is 12.2. The summed E-state index contributed by atoms with van der Waals surface area (Å²) in [7, 11) is 3.38. The van der Waals surface area contributed by atoms with Crippen molar-refractivity contribution in [3.8, 4) is 22.8 Å². The summed E-state index contributed by atoms with van der Waals surface area (Å²) in [5.74, 6) is 1.59. The average Bonchev–Trinajstić information content (AvgIpc) is 2.92. The molecule has 0 aliphatic heterocycles. The zero-order valence-electron chi connectivity index (χ0n) is 12.0. The predicted molar refractivity (Wildman–Crippen MR) is 83.1 cm³/mol. The van der Waals surface area contributed by atoms with Crippen molar-refractivity contribution in [1.29, 1.82) is 0 Å². The van der Waals surface area contributed by atoms with Gasteiger partial charge in [-0.05, 0) is 41.3 Å². The second kappa shape index (κ2) is 4.48. The van der Waals surface area contributed by atoms with Gasteiger partial charge in [-0.2, -0.15) is 0 Å². The molecule has 0 atom stereocenters. The minimum atomic E-state index is 0.701. The maximum absolute atomic E-state index is 5.54. The van der Waals surface area contributed by atoms with Gasteiger partial charge in [0, 0.05) is 10.9 Å². The zero-order valence-corrected chi connectivity index (χ0v) is 12.0. The Morgan fingerprint density at radius 2 is 1.86 bits per heavy atom. The van der Waals surface area contributed by atoms with Crippen LogP contribution in [0.15, 0.2) is 42.5 Å². The average molecular weight is 277 g/mol. The molecule has 0 unspecified atom stereocenters. The molecule has 0 saturated heterocycles. The summed E-state index contributed by atoms with van der Waals surface area (Å²) in [6, 6.07) is 14.4. The number of nitrogens with zero attached hydrogens (tertiary/aromatic N) is 1. The van der Waals surface area contributed by atoms with Crippen LogP contribution in [0.3, 0.4) is 0 Å². The molecule has 0 radical (unpaired) electrons. The van der Waals surface area contributed by atoms with Gasteiger partial charge in [0.2, 0.25) is 5.88 Å². The first-order valence-electron chi connectivity index (χ1n) is 6.94. The SMILES string of the molecule is COc1ccc2c(c1)Cc1c-2c(OC)nc2ccccc12. The molecule has 0 N–H and O–H groups in total. The summed E-state index contributed by atoms with van der Waals surface area (Å²) in [5.41, 5.74) is 5.85. The Morgan fingerprint density at radius 1 is 1.00 bits per heavy atom. The normalized spacial score (nSPS) is 12.1. The van der Waals surface area contributed by atoms with Crippen molar-refractivity contribution in [2.45, 2.75) is 6.42 Å². The molecule has 0 amide bonds. The van der Waals surface area contributed by atoms with E-state index in [4.69, 9.17) is 9.47 Å². The number of pyridine rings is 1. The van der Waals surface area contributed by atoms with E-state index in [9.17, 15) is 0 Å². The molecule has 0 bridgehead atoms. The number of methoxy groups -OCH3 is 2. The quantitative estimate of drug-likeness (QED) is 0.558. The van der Waals surface area contributed by atoms with Gasteiger partial charge >= 0.3 is 0 Å². The third-order valence-corrected chi connectivity index (χ3v) is 4.11. The number of ether oxygens (including phenoxy) is 2. The molecular weight excluding hydrogens is 262 g/mol. The van der Waals surface area contributed by atoms with Crippen LogP contribution in [-0.4, -0.2) is 19.2 Å². The molecule has 2 aromatic carbocycles. The van der Waals surface area contributed by atoms with Crippen molar-refractivity contribution in [1.82, 2.24) is 4.98 Å². The molecule has 104 valence electrons. The molecule has 3 aromatic rings. The number of benzene rings is 2. The van der Waals surface area contributed by atoms with Crippen LogP contribution in [0.2, 0.25) is 0 Å². The van der Waals surface area contributed by atoms with Crippen molar-refractivity contribution in [2.75, 3.05) is 14.2 Å². The highest BCUT2D eigenvalue weighted by molar-refractivity contribution is 5.95. The standard InChI is InChI=1S/C18H15NO2/c1-20-12-7-8-13-11(9-12)10-15-14-5-3-4-6-16(14)19-18(21-2)17(13)15/h3-9H,10H2,1-2H3. The van der Waals surface area contributed by atoms with Gasteiger partial charge in [0.1, 0.15) is 5.75 Å². The lowest BCUT2D eigenvalue weighted by Crippen LogP contribution is -1.94. The third kappa shape index (κ3) is 1.70. The third-order valence-electron chi connectivity index (χ3n) is 4.11. The molecule has 4 rings (SSSR count). The molecule has 1 aromatic heterocycles. The van der Waals surface area contributed by atoms with Crippen LogP contribution in [-0.2, 0) is 6.42 Å². The second-order valence-electron chi connectivity index (χ2n) is 5.19. The smallest absolute Gasteiger partial charge is 0.221 e. The van der Waals surface area contributed by atoms with E-state index in [1.165, 1.54) is 22.1 Å². The number of fused-ring (bicyclic) bond motifs is 5. The first-order chi connectivity index (χ1) is 10.3. The maximum Gasteiger partial charge on any atom is 0.221 e. The Morgan fingerprint density at radius 3 is 2.67 bits per heavy atom. The fraction of sp³-hybridized carbons (Fsp3) is 0.167. The topological polar surface area (TPSA) is 31.4 Å². The molecule has 1 aliphatic carbocycles. The van der Waals surface area contributed by atoms with E-state index in [0.29, 0.717) is 5.88 Å². The highest BCUT2D eigenvalue weighted by atomic mass is 16.5. The highest BCUT2D eigenvalue weighted by Gasteiger charge is 2.26.